The molecular weight excluding hydrogens is 439 g/mol. The van der Waals surface area contributed by atoms with Gasteiger partial charge in [0.2, 0.25) is 5.91 Å². The molecular formula is C27H28F3N3O. The van der Waals surface area contributed by atoms with E-state index in [1.807, 2.05) is 12.1 Å². The molecule has 0 bridgehead atoms. The van der Waals surface area contributed by atoms with Gasteiger partial charge in [-0.2, -0.15) is 13.2 Å². The Labute approximate surface area is 198 Å². The van der Waals surface area contributed by atoms with Gasteiger partial charge in [0.15, 0.2) is 0 Å². The topological polar surface area (TPSA) is 35.6 Å². The lowest BCUT2D eigenvalue weighted by molar-refractivity contribution is -0.137. The fourth-order valence-electron chi connectivity index (χ4n) is 4.38. The van der Waals surface area contributed by atoms with Gasteiger partial charge < -0.3 is 5.32 Å². The van der Waals surface area contributed by atoms with E-state index in [0.29, 0.717) is 5.56 Å². The van der Waals surface area contributed by atoms with Crippen LogP contribution in [0, 0.1) is 0 Å². The maximum atomic E-state index is 12.9. The van der Waals surface area contributed by atoms with Gasteiger partial charge in [-0.1, -0.05) is 72.8 Å². The monoisotopic (exact) mass is 467 g/mol. The standard InChI is InChI=1S/C27H28F3N3O/c28-27(29,30)24-13-7-8-21(18-24)19-31-25(34)20-32-14-16-33(17-15-32)26(22-9-3-1-4-10-22)23-11-5-2-6-12-23/h1-13,18,26H,14-17,19-20H2,(H,31,34). The summed E-state index contributed by atoms with van der Waals surface area (Å²) < 4.78 is 38.6. The summed E-state index contributed by atoms with van der Waals surface area (Å²) >= 11 is 0. The van der Waals surface area contributed by atoms with Crippen molar-refractivity contribution >= 4 is 5.91 Å². The van der Waals surface area contributed by atoms with Crippen LogP contribution in [0.15, 0.2) is 84.9 Å². The van der Waals surface area contributed by atoms with Crippen LogP contribution in [-0.2, 0) is 17.5 Å². The second-order valence-corrected chi connectivity index (χ2v) is 8.51. The molecule has 0 radical (unpaired) electrons. The number of carbonyl (C=O) groups is 1. The number of nitrogens with zero attached hydrogens (tertiary/aromatic N) is 2. The van der Waals surface area contributed by atoms with Crippen LogP contribution in [0.4, 0.5) is 13.2 Å². The SMILES string of the molecule is O=C(CN1CCN(C(c2ccccc2)c2ccccc2)CC1)NCc1cccc(C(F)(F)F)c1. The summed E-state index contributed by atoms with van der Waals surface area (Å²) in [6, 6.07) is 26.0. The van der Waals surface area contributed by atoms with Gasteiger partial charge in [-0.15, -0.1) is 0 Å². The number of amides is 1. The summed E-state index contributed by atoms with van der Waals surface area (Å²) in [6.45, 7) is 3.42. The molecule has 1 aliphatic rings. The number of rotatable bonds is 7. The lowest BCUT2D eigenvalue weighted by atomic mass is 9.96. The van der Waals surface area contributed by atoms with E-state index < -0.39 is 11.7 Å². The third kappa shape index (κ3) is 6.24. The van der Waals surface area contributed by atoms with E-state index in [2.05, 4.69) is 63.6 Å². The largest absolute Gasteiger partial charge is 0.416 e. The molecule has 34 heavy (non-hydrogen) atoms. The highest BCUT2D eigenvalue weighted by molar-refractivity contribution is 5.78. The molecule has 4 nitrogen and oxygen atoms in total. The second kappa shape index (κ2) is 10.8. The average Bonchev–Trinajstić information content (AvgIpc) is 2.85. The van der Waals surface area contributed by atoms with Crippen LogP contribution in [0.25, 0.3) is 0 Å². The first-order valence-corrected chi connectivity index (χ1v) is 11.4. The Morgan fingerprint density at radius 1 is 0.824 bits per heavy atom. The quantitative estimate of drug-likeness (QED) is 0.546. The summed E-state index contributed by atoms with van der Waals surface area (Å²) in [6.07, 6.45) is -4.39. The fraction of sp³-hybridized carbons (Fsp3) is 0.296. The highest BCUT2D eigenvalue weighted by atomic mass is 19.4. The van der Waals surface area contributed by atoms with Gasteiger partial charge >= 0.3 is 6.18 Å². The van der Waals surface area contributed by atoms with Crippen LogP contribution < -0.4 is 5.32 Å². The number of nitrogens with one attached hydrogen (secondary N) is 1. The van der Waals surface area contributed by atoms with Crippen LogP contribution in [0.2, 0.25) is 0 Å². The van der Waals surface area contributed by atoms with Crippen molar-refractivity contribution in [2.45, 2.75) is 18.8 Å². The van der Waals surface area contributed by atoms with Crippen molar-refractivity contribution in [2.75, 3.05) is 32.7 Å². The summed E-state index contributed by atoms with van der Waals surface area (Å²) in [5.74, 6) is -0.187. The molecule has 7 heteroatoms. The van der Waals surface area contributed by atoms with Crippen LogP contribution in [-0.4, -0.2) is 48.4 Å². The number of halogens is 3. The van der Waals surface area contributed by atoms with Crippen molar-refractivity contribution in [3.8, 4) is 0 Å². The lowest BCUT2D eigenvalue weighted by Crippen LogP contribution is -2.50. The van der Waals surface area contributed by atoms with E-state index in [0.717, 1.165) is 38.3 Å². The lowest BCUT2D eigenvalue weighted by Gasteiger charge is -2.39. The van der Waals surface area contributed by atoms with E-state index in [-0.39, 0.29) is 25.0 Å². The van der Waals surface area contributed by atoms with E-state index >= 15 is 0 Å². The summed E-state index contributed by atoms with van der Waals surface area (Å²) in [4.78, 5) is 17.0. The first-order chi connectivity index (χ1) is 16.4. The van der Waals surface area contributed by atoms with Crippen LogP contribution in [0.5, 0.6) is 0 Å². The minimum atomic E-state index is -4.39. The molecule has 0 aromatic heterocycles. The molecule has 1 amide bonds. The number of carbonyl (C=O) groups excluding carboxylic acids is 1. The molecule has 1 saturated heterocycles. The fourth-order valence-corrected chi connectivity index (χ4v) is 4.38. The van der Waals surface area contributed by atoms with E-state index in [4.69, 9.17) is 0 Å². The Morgan fingerprint density at radius 3 is 1.97 bits per heavy atom. The summed E-state index contributed by atoms with van der Waals surface area (Å²) in [5, 5.41) is 2.75. The van der Waals surface area contributed by atoms with Crippen molar-refractivity contribution in [3.63, 3.8) is 0 Å². The molecule has 0 saturated carbocycles. The third-order valence-corrected chi connectivity index (χ3v) is 6.11. The third-order valence-electron chi connectivity index (χ3n) is 6.11. The molecule has 3 aromatic rings. The van der Waals surface area contributed by atoms with Crippen LogP contribution in [0.1, 0.15) is 28.3 Å². The molecule has 1 heterocycles. The highest BCUT2D eigenvalue weighted by Crippen LogP contribution is 2.30. The molecule has 1 aliphatic heterocycles. The average molecular weight is 468 g/mol. The molecule has 1 N–H and O–H groups in total. The molecule has 1 fully saturated rings. The number of hydrogen-bond acceptors (Lipinski definition) is 3. The zero-order chi connectivity index (χ0) is 24.0. The smallest absolute Gasteiger partial charge is 0.351 e. The van der Waals surface area contributed by atoms with Gasteiger partial charge in [0.25, 0.3) is 0 Å². The van der Waals surface area contributed by atoms with Crippen molar-refractivity contribution < 1.29 is 18.0 Å². The minimum absolute atomic E-state index is 0.0762. The molecule has 3 aromatic carbocycles. The summed E-state index contributed by atoms with van der Waals surface area (Å²) in [5.41, 5.74) is 2.20. The number of alkyl halides is 3. The van der Waals surface area contributed by atoms with Crippen LogP contribution >= 0.6 is 0 Å². The first-order valence-electron chi connectivity index (χ1n) is 11.4. The van der Waals surface area contributed by atoms with Gasteiger partial charge in [0, 0.05) is 32.7 Å². The van der Waals surface area contributed by atoms with Crippen molar-refractivity contribution in [2.24, 2.45) is 0 Å². The first kappa shape index (κ1) is 24.0. The maximum Gasteiger partial charge on any atom is 0.416 e. The van der Waals surface area contributed by atoms with Gasteiger partial charge in [-0.25, -0.2) is 0 Å². The molecule has 178 valence electrons. The van der Waals surface area contributed by atoms with Crippen molar-refractivity contribution in [3.05, 3.63) is 107 Å². The highest BCUT2D eigenvalue weighted by Gasteiger charge is 2.30. The molecule has 0 unspecified atom stereocenters. The molecule has 0 aliphatic carbocycles. The Balaban J connectivity index is 1.31. The molecule has 0 atom stereocenters. The predicted molar refractivity (Wildman–Crippen MR) is 126 cm³/mol. The van der Waals surface area contributed by atoms with Crippen molar-refractivity contribution in [1.29, 1.82) is 0 Å². The Hall–Kier alpha value is -3.16. The molecule has 4 rings (SSSR count). The summed E-state index contributed by atoms with van der Waals surface area (Å²) in [7, 11) is 0. The number of piperazine rings is 1. The normalized spacial score (nSPS) is 15.4. The molecule has 0 spiro atoms. The van der Waals surface area contributed by atoms with Crippen LogP contribution in [0.3, 0.4) is 0 Å². The zero-order valence-electron chi connectivity index (χ0n) is 18.8. The number of hydrogen-bond donors (Lipinski definition) is 1. The Morgan fingerprint density at radius 2 is 1.41 bits per heavy atom. The van der Waals surface area contributed by atoms with E-state index in [1.165, 1.54) is 17.2 Å². The van der Waals surface area contributed by atoms with Gasteiger partial charge in [-0.3, -0.25) is 14.6 Å². The predicted octanol–water partition coefficient (Wildman–Crippen LogP) is 4.73. The van der Waals surface area contributed by atoms with E-state index in [1.54, 1.807) is 6.07 Å². The Kier molecular flexibility index (Phi) is 7.65. The zero-order valence-corrected chi connectivity index (χ0v) is 18.8. The van der Waals surface area contributed by atoms with E-state index in [9.17, 15) is 18.0 Å². The Bertz CT molecular complexity index is 1030. The number of benzene rings is 3. The minimum Gasteiger partial charge on any atom is -0.351 e. The maximum absolute atomic E-state index is 12.9. The van der Waals surface area contributed by atoms with Crippen molar-refractivity contribution in [1.82, 2.24) is 15.1 Å². The second-order valence-electron chi connectivity index (χ2n) is 8.51. The van der Waals surface area contributed by atoms with Gasteiger partial charge in [0.05, 0.1) is 18.2 Å². The van der Waals surface area contributed by atoms with Gasteiger partial charge in [0.1, 0.15) is 0 Å². The van der Waals surface area contributed by atoms with Gasteiger partial charge in [-0.05, 0) is 28.8 Å².